The zero-order valence-corrected chi connectivity index (χ0v) is 10.2. The molecular weight excluding hydrogens is 228 g/mol. The molecule has 96 valence electrons. The summed E-state index contributed by atoms with van der Waals surface area (Å²) in [6, 6.07) is 0.312. The molecule has 0 spiro atoms. The third-order valence-corrected chi connectivity index (χ3v) is 3.82. The Labute approximate surface area is 105 Å². The van der Waals surface area contributed by atoms with Crippen molar-refractivity contribution in [2.75, 3.05) is 11.5 Å². The molecule has 0 bridgehead atoms. The third-order valence-electron chi connectivity index (χ3n) is 3.82. The van der Waals surface area contributed by atoms with Crippen LogP contribution in [0.2, 0.25) is 0 Å². The summed E-state index contributed by atoms with van der Waals surface area (Å²) < 4.78 is 1.63. The molecule has 6 nitrogen and oxygen atoms in total. The molecule has 3 rings (SSSR count). The lowest BCUT2D eigenvalue weighted by atomic mass is 9.81. The summed E-state index contributed by atoms with van der Waals surface area (Å²) in [6.07, 6.45) is 7.51. The highest BCUT2D eigenvalue weighted by molar-refractivity contribution is 5.73. The number of nitrogens with zero attached hydrogens (tertiary/aromatic N) is 3. The first-order chi connectivity index (χ1) is 8.66. The molecular formula is C12H18N6. The molecule has 2 heterocycles. The number of hydrogen-bond acceptors (Lipinski definition) is 5. The van der Waals surface area contributed by atoms with Crippen molar-refractivity contribution < 1.29 is 0 Å². The van der Waals surface area contributed by atoms with Gasteiger partial charge in [0.15, 0.2) is 5.65 Å². The molecule has 0 atom stereocenters. The summed E-state index contributed by atoms with van der Waals surface area (Å²) in [5.41, 5.74) is 20.5. The number of fused-ring (bicyclic) bond motifs is 1. The van der Waals surface area contributed by atoms with Gasteiger partial charge in [-0.3, -0.25) is 0 Å². The second-order valence-electron chi connectivity index (χ2n) is 5.02. The van der Waals surface area contributed by atoms with Crippen LogP contribution in [0.3, 0.4) is 0 Å². The first-order valence-corrected chi connectivity index (χ1v) is 6.30. The Morgan fingerprint density at radius 2 is 1.89 bits per heavy atom. The van der Waals surface area contributed by atoms with Crippen molar-refractivity contribution in [2.24, 2.45) is 5.73 Å². The summed E-state index contributed by atoms with van der Waals surface area (Å²) >= 11 is 0. The van der Waals surface area contributed by atoms with Crippen LogP contribution in [0.5, 0.6) is 0 Å². The largest absolute Gasteiger partial charge is 0.395 e. The molecule has 6 heteroatoms. The van der Waals surface area contributed by atoms with Crippen LogP contribution in [-0.2, 0) is 0 Å². The van der Waals surface area contributed by atoms with E-state index in [9.17, 15) is 0 Å². The summed E-state index contributed by atoms with van der Waals surface area (Å²) in [5.74, 6) is 0.873. The van der Waals surface area contributed by atoms with E-state index in [1.165, 1.54) is 0 Å². The lowest BCUT2D eigenvalue weighted by Crippen LogP contribution is -2.26. The summed E-state index contributed by atoms with van der Waals surface area (Å²) in [7, 11) is 0. The highest BCUT2D eigenvalue weighted by Gasteiger charge is 2.25. The van der Waals surface area contributed by atoms with Crippen LogP contribution < -0.4 is 17.2 Å². The summed E-state index contributed by atoms with van der Waals surface area (Å²) in [5, 5.41) is 4.31. The van der Waals surface area contributed by atoms with E-state index in [0.717, 1.165) is 31.2 Å². The van der Waals surface area contributed by atoms with E-state index < -0.39 is 0 Å². The standard InChI is InChI=1S/C12H18N6/c13-8-3-1-7(2-4-8)9-10(14)12-16-5-6-18(12)17-11(9)15/h5-8H,1-4,13-14H2,(H2,15,17). The molecule has 0 aliphatic heterocycles. The van der Waals surface area contributed by atoms with E-state index in [-0.39, 0.29) is 0 Å². The van der Waals surface area contributed by atoms with Crippen molar-refractivity contribution >= 4 is 17.2 Å². The predicted octanol–water partition coefficient (Wildman–Crippen LogP) is 0.879. The molecule has 0 saturated heterocycles. The van der Waals surface area contributed by atoms with Crippen LogP contribution in [0.4, 0.5) is 11.5 Å². The quantitative estimate of drug-likeness (QED) is 0.692. The van der Waals surface area contributed by atoms with E-state index in [2.05, 4.69) is 10.1 Å². The van der Waals surface area contributed by atoms with Crippen molar-refractivity contribution in [3.8, 4) is 0 Å². The molecule has 1 fully saturated rings. The highest BCUT2D eigenvalue weighted by atomic mass is 15.3. The van der Waals surface area contributed by atoms with Gasteiger partial charge in [0.1, 0.15) is 5.82 Å². The zero-order valence-electron chi connectivity index (χ0n) is 10.2. The topological polar surface area (TPSA) is 108 Å². The monoisotopic (exact) mass is 246 g/mol. The number of hydrogen-bond donors (Lipinski definition) is 3. The SMILES string of the molecule is Nc1nn2ccnc2c(N)c1C1CCC(N)CC1. The molecule has 2 aromatic heterocycles. The van der Waals surface area contributed by atoms with Gasteiger partial charge in [0.05, 0.1) is 5.69 Å². The molecule has 0 unspecified atom stereocenters. The lowest BCUT2D eigenvalue weighted by molar-refractivity contribution is 0.396. The average Bonchev–Trinajstić information content (AvgIpc) is 2.80. The zero-order chi connectivity index (χ0) is 12.7. The van der Waals surface area contributed by atoms with Crippen LogP contribution in [0, 0.1) is 0 Å². The fourth-order valence-electron chi connectivity index (χ4n) is 2.84. The van der Waals surface area contributed by atoms with Gasteiger partial charge in [-0.2, -0.15) is 0 Å². The van der Waals surface area contributed by atoms with Crippen LogP contribution in [0.15, 0.2) is 12.4 Å². The Balaban J connectivity index is 2.05. The van der Waals surface area contributed by atoms with Crippen molar-refractivity contribution in [1.29, 1.82) is 0 Å². The Kier molecular flexibility index (Phi) is 2.59. The minimum absolute atomic E-state index is 0.312. The van der Waals surface area contributed by atoms with Crippen molar-refractivity contribution in [2.45, 2.75) is 37.6 Å². The highest BCUT2D eigenvalue weighted by Crippen LogP contribution is 2.38. The molecule has 0 aromatic carbocycles. The molecule has 0 amide bonds. The van der Waals surface area contributed by atoms with Gasteiger partial charge in [-0.1, -0.05) is 0 Å². The minimum Gasteiger partial charge on any atom is -0.395 e. The average molecular weight is 246 g/mol. The second kappa shape index (κ2) is 4.13. The smallest absolute Gasteiger partial charge is 0.177 e. The number of aromatic nitrogens is 3. The van der Waals surface area contributed by atoms with Crippen molar-refractivity contribution in [3.63, 3.8) is 0 Å². The van der Waals surface area contributed by atoms with Gasteiger partial charge in [0, 0.05) is 24.0 Å². The Morgan fingerprint density at radius 3 is 2.61 bits per heavy atom. The van der Waals surface area contributed by atoms with E-state index in [1.807, 2.05) is 0 Å². The maximum Gasteiger partial charge on any atom is 0.177 e. The number of nitrogen functional groups attached to an aromatic ring is 2. The van der Waals surface area contributed by atoms with Crippen molar-refractivity contribution in [3.05, 3.63) is 18.0 Å². The Hall–Kier alpha value is -1.82. The van der Waals surface area contributed by atoms with Gasteiger partial charge < -0.3 is 17.2 Å². The molecule has 6 N–H and O–H groups in total. The van der Waals surface area contributed by atoms with Gasteiger partial charge in [-0.25, -0.2) is 9.50 Å². The molecule has 0 radical (unpaired) electrons. The number of nitrogens with two attached hydrogens (primary N) is 3. The van der Waals surface area contributed by atoms with Crippen LogP contribution in [0.1, 0.15) is 37.2 Å². The maximum atomic E-state index is 6.20. The number of anilines is 2. The molecule has 1 aliphatic rings. The van der Waals surface area contributed by atoms with E-state index in [0.29, 0.717) is 29.1 Å². The van der Waals surface area contributed by atoms with E-state index in [1.54, 1.807) is 16.9 Å². The van der Waals surface area contributed by atoms with E-state index in [4.69, 9.17) is 17.2 Å². The van der Waals surface area contributed by atoms with Gasteiger partial charge >= 0.3 is 0 Å². The van der Waals surface area contributed by atoms with Crippen LogP contribution in [-0.4, -0.2) is 20.6 Å². The van der Waals surface area contributed by atoms with Crippen molar-refractivity contribution in [1.82, 2.24) is 14.6 Å². The predicted molar refractivity (Wildman–Crippen MR) is 71.0 cm³/mol. The Morgan fingerprint density at radius 1 is 1.17 bits per heavy atom. The number of imidazole rings is 1. The lowest BCUT2D eigenvalue weighted by Gasteiger charge is -2.27. The fraction of sp³-hybridized carbons (Fsp3) is 0.500. The van der Waals surface area contributed by atoms with Gasteiger partial charge in [-0.15, -0.1) is 5.10 Å². The molecule has 18 heavy (non-hydrogen) atoms. The first kappa shape index (κ1) is 11.3. The van der Waals surface area contributed by atoms with Gasteiger partial charge in [0.25, 0.3) is 0 Å². The molecule has 1 saturated carbocycles. The fourth-order valence-corrected chi connectivity index (χ4v) is 2.84. The van der Waals surface area contributed by atoms with Crippen LogP contribution >= 0.6 is 0 Å². The maximum absolute atomic E-state index is 6.20. The summed E-state index contributed by atoms with van der Waals surface area (Å²) in [4.78, 5) is 4.23. The number of rotatable bonds is 1. The summed E-state index contributed by atoms with van der Waals surface area (Å²) in [6.45, 7) is 0. The van der Waals surface area contributed by atoms with E-state index >= 15 is 0 Å². The normalized spacial score (nSPS) is 24.5. The molecule has 1 aliphatic carbocycles. The van der Waals surface area contributed by atoms with Crippen LogP contribution in [0.25, 0.3) is 5.65 Å². The first-order valence-electron chi connectivity index (χ1n) is 6.30. The Bertz CT molecular complexity index is 567. The molecule has 2 aromatic rings. The van der Waals surface area contributed by atoms with Gasteiger partial charge in [0.2, 0.25) is 0 Å². The minimum atomic E-state index is 0.312. The third kappa shape index (κ3) is 1.69. The van der Waals surface area contributed by atoms with Gasteiger partial charge in [-0.05, 0) is 31.6 Å². The second-order valence-corrected chi connectivity index (χ2v) is 5.02.